The van der Waals surface area contributed by atoms with Crippen LogP contribution in [0, 0.1) is 13.8 Å². The minimum atomic E-state index is -1.48. The molecule has 178 valence electrons. The second kappa shape index (κ2) is 12.6. The van der Waals surface area contributed by atoms with Crippen molar-refractivity contribution in [1.29, 1.82) is 0 Å². The van der Waals surface area contributed by atoms with Crippen molar-refractivity contribution in [3.8, 4) is 5.75 Å². The molecule has 2 amide bonds. The van der Waals surface area contributed by atoms with Gasteiger partial charge in [-0.3, -0.25) is 9.59 Å². The Hall–Kier alpha value is -3.43. The summed E-state index contributed by atoms with van der Waals surface area (Å²) in [6, 6.07) is 9.96. The van der Waals surface area contributed by atoms with Crippen LogP contribution in [0.3, 0.4) is 0 Å². The summed E-state index contributed by atoms with van der Waals surface area (Å²) in [5, 5.41) is 26.4. The molecule has 0 saturated heterocycles. The molecule has 0 saturated carbocycles. The van der Waals surface area contributed by atoms with E-state index in [1.165, 1.54) is 0 Å². The molecule has 2 aromatic rings. The SMILES string of the molecule is CNCCOc1cc(C)c(C)cc1C(=O)N[C@@H](Cc1ccccc1)C(=O)N[C@@H](CO)C(=O)O. The molecule has 0 aliphatic rings. The number of rotatable bonds is 12. The lowest BCUT2D eigenvalue weighted by atomic mass is 10.0. The van der Waals surface area contributed by atoms with Gasteiger partial charge in [0.05, 0.1) is 12.2 Å². The fourth-order valence-corrected chi connectivity index (χ4v) is 3.10. The summed E-state index contributed by atoms with van der Waals surface area (Å²) >= 11 is 0. The largest absolute Gasteiger partial charge is 0.491 e. The van der Waals surface area contributed by atoms with E-state index in [0.717, 1.165) is 16.7 Å². The summed E-state index contributed by atoms with van der Waals surface area (Å²) in [4.78, 5) is 37.3. The van der Waals surface area contributed by atoms with Gasteiger partial charge in [-0.1, -0.05) is 30.3 Å². The van der Waals surface area contributed by atoms with E-state index < -0.39 is 36.5 Å². The van der Waals surface area contributed by atoms with Crippen molar-refractivity contribution in [3.05, 3.63) is 64.7 Å². The van der Waals surface area contributed by atoms with E-state index in [2.05, 4.69) is 16.0 Å². The quantitative estimate of drug-likeness (QED) is 0.297. The molecule has 9 nitrogen and oxygen atoms in total. The fourth-order valence-electron chi connectivity index (χ4n) is 3.10. The van der Waals surface area contributed by atoms with Crippen LogP contribution in [-0.2, 0) is 16.0 Å². The number of carboxylic acid groups (broad SMARTS) is 1. The molecule has 0 radical (unpaired) electrons. The van der Waals surface area contributed by atoms with Crippen LogP contribution in [0.5, 0.6) is 5.75 Å². The van der Waals surface area contributed by atoms with Crippen molar-refractivity contribution in [2.24, 2.45) is 0 Å². The summed E-state index contributed by atoms with van der Waals surface area (Å²) in [6.45, 7) is 3.95. The Morgan fingerprint density at radius 3 is 2.27 bits per heavy atom. The average molecular weight is 458 g/mol. The van der Waals surface area contributed by atoms with Crippen molar-refractivity contribution >= 4 is 17.8 Å². The molecule has 0 aliphatic carbocycles. The molecule has 0 aromatic heterocycles. The molecular weight excluding hydrogens is 426 g/mol. The predicted molar refractivity (Wildman–Crippen MR) is 123 cm³/mol. The number of carbonyl (C=O) groups excluding carboxylic acids is 2. The number of amides is 2. The summed E-state index contributed by atoms with van der Waals surface area (Å²) in [7, 11) is 1.79. The standard InChI is InChI=1S/C24H31N3O6/c1-15-11-18(21(12-16(15)2)33-10-9-25-3)22(29)26-19(13-17-7-5-4-6-8-17)23(30)27-20(14-28)24(31)32/h4-8,11-12,19-20,25,28H,9-10,13-14H2,1-3H3,(H,26,29)(H,27,30)(H,31,32)/t19-,20-/m0/s1. The smallest absolute Gasteiger partial charge is 0.328 e. The lowest BCUT2D eigenvalue weighted by Crippen LogP contribution is -2.53. The highest BCUT2D eigenvalue weighted by Gasteiger charge is 2.27. The Bertz CT molecular complexity index is 964. The van der Waals surface area contributed by atoms with Gasteiger partial charge in [-0.05, 0) is 49.7 Å². The van der Waals surface area contributed by atoms with Crippen LogP contribution >= 0.6 is 0 Å². The van der Waals surface area contributed by atoms with Gasteiger partial charge in [0.25, 0.3) is 5.91 Å². The second-order valence-corrected chi connectivity index (χ2v) is 7.68. The average Bonchev–Trinajstić information content (AvgIpc) is 2.79. The van der Waals surface area contributed by atoms with Crippen molar-refractivity contribution < 1.29 is 29.3 Å². The highest BCUT2D eigenvalue weighted by atomic mass is 16.5. The number of aliphatic hydroxyl groups excluding tert-OH is 1. The van der Waals surface area contributed by atoms with Gasteiger partial charge in [0, 0.05) is 13.0 Å². The maximum atomic E-state index is 13.2. The van der Waals surface area contributed by atoms with Gasteiger partial charge in [-0.15, -0.1) is 0 Å². The number of aliphatic hydroxyl groups is 1. The zero-order chi connectivity index (χ0) is 24.4. The molecule has 9 heteroatoms. The van der Waals surface area contributed by atoms with Gasteiger partial charge in [-0.2, -0.15) is 0 Å². The van der Waals surface area contributed by atoms with Gasteiger partial charge in [-0.25, -0.2) is 4.79 Å². The van der Waals surface area contributed by atoms with E-state index >= 15 is 0 Å². The molecule has 0 fully saturated rings. The van der Waals surface area contributed by atoms with Gasteiger partial charge in [0.2, 0.25) is 5.91 Å². The van der Waals surface area contributed by atoms with Gasteiger partial charge >= 0.3 is 5.97 Å². The van der Waals surface area contributed by atoms with Gasteiger partial charge in [0.1, 0.15) is 24.4 Å². The van der Waals surface area contributed by atoms with E-state index in [4.69, 9.17) is 9.84 Å². The maximum absolute atomic E-state index is 13.2. The lowest BCUT2D eigenvalue weighted by Gasteiger charge is -2.22. The van der Waals surface area contributed by atoms with Gasteiger partial charge in [0.15, 0.2) is 0 Å². The van der Waals surface area contributed by atoms with E-state index in [-0.39, 0.29) is 12.0 Å². The molecule has 0 spiro atoms. The van der Waals surface area contributed by atoms with Crippen LogP contribution < -0.4 is 20.7 Å². The monoisotopic (exact) mass is 457 g/mol. The second-order valence-electron chi connectivity index (χ2n) is 7.68. The van der Waals surface area contributed by atoms with Crippen molar-refractivity contribution in [2.45, 2.75) is 32.4 Å². The van der Waals surface area contributed by atoms with Crippen molar-refractivity contribution in [1.82, 2.24) is 16.0 Å². The number of nitrogens with one attached hydrogen (secondary N) is 3. The molecule has 33 heavy (non-hydrogen) atoms. The topological polar surface area (TPSA) is 137 Å². The number of aliphatic carboxylic acids is 1. The molecule has 2 rings (SSSR count). The van der Waals surface area contributed by atoms with Crippen LogP contribution in [0.25, 0.3) is 0 Å². The Morgan fingerprint density at radius 2 is 1.67 bits per heavy atom. The first-order chi connectivity index (χ1) is 15.8. The van der Waals surface area contributed by atoms with Gasteiger partial charge < -0.3 is 30.9 Å². The molecule has 0 unspecified atom stereocenters. The highest BCUT2D eigenvalue weighted by molar-refractivity contribution is 6.00. The molecule has 0 bridgehead atoms. The van der Waals surface area contributed by atoms with E-state index in [0.29, 0.717) is 18.9 Å². The molecule has 2 atom stereocenters. The lowest BCUT2D eigenvalue weighted by molar-refractivity contribution is -0.143. The fraction of sp³-hybridized carbons (Fsp3) is 0.375. The zero-order valence-electron chi connectivity index (χ0n) is 19.1. The van der Waals surface area contributed by atoms with Crippen molar-refractivity contribution in [3.63, 3.8) is 0 Å². The predicted octanol–water partition coefficient (Wildman–Crippen LogP) is 0.804. The van der Waals surface area contributed by atoms with Crippen LogP contribution in [0.1, 0.15) is 27.0 Å². The van der Waals surface area contributed by atoms with E-state index in [1.807, 2.05) is 19.9 Å². The zero-order valence-corrected chi connectivity index (χ0v) is 19.1. The van der Waals surface area contributed by atoms with Crippen LogP contribution in [0.15, 0.2) is 42.5 Å². The third kappa shape index (κ3) is 7.58. The summed E-state index contributed by atoms with van der Waals surface area (Å²) in [5.74, 6) is -2.21. The minimum Gasteiger partial charge on any atom is -0.491 e. The first kappa shape index (κ1) is 25.8. The number of carbonyl (C=O) groups is 3. The van der Waals surface area contributed by atoms with Crippen molar-refractivity contribution in [2.75, 3.05) is 26.8 Å². The van der Waals surface area contributed by atoms with Crippen LogP contribution in [0.2, 0.25) is 0 Å². The number of carboxylic acids is 1. The van der Waals surface area contributed by atoms with E-state index in [1.54, 1.807) is 43.4 Å². The molecule has 0 aliphatic heterocycles. The Morgan fingerprint density at radius 1 is 1.00 bits per heavy atom. The normalized spacial score (nSPS) is 12.5. The first-order valence-electron chi connectivity index (χ1n) is 10.6. The number of ether oxygens (including phenoxy) is 1. The Kier molecular flexibility index (Phi) is 9.84. The van der Waals surface area contributed by atoms with E-state index in [9.17, 15) is 19.5 Å². The molecule has 5 N–H and O–H groups in total. The maximum Gasteiger partial charge on any atom is 0.328 e. The third-order valence-electron chi connectivity index (χ3n) is 5.15. The number of likely N-dealkylation sites (N-methyl/N-ethyl adjacent to an activating group) is 1. The first-order valence-corrected chi connectivity index (χ1v) is 10.6. The molecule has 2 aromatic carbocycles. The van der Waals surface area contributed by atoms with Crippen LogP contribution in [0.4, 0.5) is 0 Å². The number of hydrogen-bond acceptors (Lipinski definition) is 6. The number of hydrogen-bond donors (Lipinski definition) is 5. The number of benzene rings is 2. The summed E-state index contributed by atoms with van der Waals surface area (Å²) in [5.41, 5.74) is 2.89. The summed E-state index contributed by atoms with van der Waals surface area (Å²) < 4.78 is 5.77. The molecular formula is C24H31N3O6. The summed E-state index contributed by atoms with van der Waals surface area (Å²) in [6.07, 6.45) is 0.136. The Balaban J connectivity index is 2.31. The Labute approximate surface area is 193 Å². The number of aryl methyl sites for hydroxylation is 2. The molecule has 0 heterocycles. The third-order valence-corrected chi connectivity index (χ3v) is 5.15. The van der Waals surface area contributed by atoms with Crippen LogP contribution in [-0.4, -0.2) is 66.9 Å². The minimum absolute atomic E-state index is 0.136. The highest BCUT2D eigenvalue weighted by Crippen LogP contribution is 2.24.